The molecule has 0 saturated heterocycles. The van der Waals surface area contributed by atoms with E-state index in [1.165, 1.54) is 0 Å². The minimum absolute atomic E-state index is 0.527. The van der Waals surface area contributed by atoms with Crippen LogP contribution in [0.5, 0.6) is 5.75 Å². The highest BCUT2D eigenvalue weighted by Crippen LogP contribution is 2.27. The molecule has 4 nitrogen and oxygen atoms in total. The number of hydrogen-bond acceptors (Lipinski definition) is 3. The summed E-state index contributed by atoms with van der Waals surface area (Å²) in [5.41, 5.74) is 8.83. The fourth-order valence-electron chi connectivity index (χ4n) is 1.96. The molecule has 0 atom stereocenters. The number of aryl methyl sites for hydroxylation is 1. The van der Waals surface area contributed by atoms with Crippen LogP contribution < -0.4 is 10.5 Å². The highest BCUT2D eigenvalue weighted by molar-refractivity contribution is 5.66. The van der Waals surface area contributed by atoms with E-state index in [2.05, 4.69) is 4.98 Å². The summed E-state index contributed by atoms with van der Waals surface area (Å²) in [7, 11) is 1.91. The monoisotopic (exact) mass is 231 g/mol. The molecule has 90 valence electrons. The van der Waals surface area contributed by atoms with Gasteiger partial charge in [-0.25, -0.2) is 4.98 Å². The van der Waals surface area contributed by atoms with Gasteiger partial charge in [0, 0.05) is 12.6 Å². The van der Waals surface area contributed by atoms with Gasteiger partial charge in [0.1, 0.15) is 5.75 Å². The smallest absolute Gasteiger partial charge is 0.200 e. The molecule has 2 aromatic rings. The lowest BCUT2D eigenvalue weighted by Crippen LogP contribution is -1.99. The lowest BCUT2D eigenvalue weighted by atomic mass is 10.1. The Hall–Kier alpha value is -1.97. The summed E-state index contributed by atoms with van der Waals surface area (Å²) in [4.78, 5) is 4.26. The highest BCUT2D eigenvalue weighted by Gasteiger charge is 2.11. The molecule has 0 amide bonds. The zero-order valence-corrected chi connectivity index (χ0v) is 10.4. The predicted molar refractivity (Wildman–Crippen MR) is 69.0 cm³/mol. The van der Waals surface area contributed by atoms with E-state index >= 15 is 0 Å². The molecule has 0 saturated carbocycles. The van der Waals surface area contributed by atoms with Crippen LogP contribution >= 0.6 is 0 Å². The predicted octanol–water partition coefficient (Wildman–Crippen LogP) is 2.38. The molecule has 0 aliphatic rings. The molecular formula is C13H17N3O. The maximum Gasteiger partial charge on any atom is 0.200 e. The number of aromatic nitrogens is 2. The van der Waals surface area contributed by atoms with E-state index < -0.39 is 0 Å². The van der Waals surface area contributed by atoms with E-state index in [-0.39, 0.29) is 0 Å². The van der Waals surface area contributed by atoms with Crippen molar-refractivity contribution in [1.82, 2.24) is 9.55 Å². The molecule has 0 spiro atoms. The molecule has 1 aromatic carbocycles. The fourth-order valence-corrected chi connectivity index (χ4v) is 1.96. The summed E-state index contributed by atoms with van der Waals surface area (Å²) in [6.45, 7) is 4.59. The summed E-state index contributed by atoms with van der Waals surface area (Å²) >= 11 is 0. The first-order chi connectivity index (χ1) is 8.13. The van der Waals surface area contributed by atoms with Crippen molar-refractivity contribution in [3.63, 3.8) is 0 Å². The van der Waals surface area contributed by atoms with E-state index in [9.17, 15) is 0 Å². The highest BCUT2D eigenvalue weighted by atomic mass is 16.5. The summed E-state index contributed by atoms with van der Waals surface area (Å²) in [5, 5.41) is 0. The lowest BCUT2D eigenvalue weighted by Gasteiger charge is -2.08. The molecule has 1 heterocycles. The third kappa shape index (κ3) is 2.11. The van der Waals surface area contributed by atoms with Crippen molar-refractivity contribution < 1.29 is 4.74 Å². The Labute approximate surface area is 101 Å². The van der Waals surface area contributed by atoms with Crippen LogP contribution in [0.4, 0.5) is 5.95 Å². The molecule has 0 bridgehead atoms. The van der Waals surface area contributed by atoms with Gasteiger partial charge in [-0.1, -0.05) is 12.1 Å². The van der Waals surface area contributed by atoms with Crippen LogP contribution in [0.15, 0.2) is 24.3 Å². The minimum Gasteiger partial charge on any atom is -0.494 e. The van der Waals surface area contributed by atoms with Crippen molar-refractivity contribution in [2.45, 2.75) is 13.8 Å². The molecule has 0 unspecified atom stereocenters. The molecule has 1 aromatic heterocycles. The SMILES string of the molecule is CCOc1cccc(-c2c(C)nc(N)n2C)c1. The standard InChI is InChI=1S/C13H17N3O/c1-4-17-11-7-5-6-10(8-11)12-9(2)15-13(14)16(12)3/h5-8H,4H2,1-3H3,(H2,14,15). The van der Waals surface area contributed by atoms with E-state index in [0.717, 1.165) is 22.7 Å². The molecule has 2 N–H and O–H groups in total. The maximum absolute atomic E-state index is 5.80. The van der Waals surface area contributed by atoms with Crippen LogP contribution in [0.1, 0.15) is 12.6 Å². The molecule has 4 heteroatoms. The number of rotatable bonds is 3. The third-order valence-corrected chi connectivity index (χ3v) is 2.72. The van der Waals surface area contributed by atoms with Crippen molar-refractivity contribution in [2.24, 2.45) is 7.05 Å². The summed E-state index contributed by atoms with van der Waals surface area (Å²) in [5.74, 6) is 1.39. The molecule has 0 aliphatic heterocycles. The van der Waals surface area contributed by atoms with Crippen LogP contribution in [-0.2, 0) is 7.05 Å². The average molecular weight is 231 g/mol. The molecule has 17 heavy (non-hydrogen) atoms. The van der Waals surface area contributed by atoms with Gasteiger partial charge in [-0.2, -0.15) is 0 Å². The molecule has 0 fully saturated rings. The molecule has 0 radical (unpaired) electrons. The van der Waals surface area contributed by atoms with Gasteiger partial charge in [-0.05, 0) is 26.0 Å². The van der Waals surface area contributed by atoms with Crippen LogP contribution in [0.25, 0.3) is 11.3 Å². The number of anilines is 1. The first-order valence-electron chi connectivity index (χ1n) is 5.65. The second kappa shape index (κ2) is 4.49. The summed E-state index contributed by atoms with van der Waals surface area (Å²) < 4.78 is 7.38. The van der Waals surface area contributed by atoms with Gasteiger partial charge in [0.15, 0.2) is 0 Å². The Morgan fingerprint density at radius 1 is 1.41 bits per heavy atom. The summed E-state index contributed by atoms with van der Waals surface area (Å²) in [6.07, 6.45) is 0. The minimum atomic E-state index is 0.527. The number of nitrogens with zero attached hydrogens (tertiary/aromatic N) is 2. The Bertz CT molecular complexity index is 531. The number of imidazole rings is 1. The van der Waals surface area contributed by atoms with Gasteiger partial charge in [-0.3, -0.25) is 0 Å². The van der Waals surface area contributed by atoms with Gasteiger partial charge >= 0.3 is 0 Å². The van der Waals surface area contributed by atoms with Crippen molar-refractivity contribution in [3.05, 3.63) is 30.0 Å². The Kier molecular flexibility index (Phi) is 3.04. The zero-order valence-electron chi connectivity index (χ0n) is 10.4. The van der Waals surface area contributed by atoms with Crippen molar-refractivity contribution in [2.75, 3.05) is 12.3 Å². The zero-order chi connectivity index (χ0) is 12.4. The van der Waals surface area contributed by atoms with Gasteiger partial charge in [0.05, 0.1) is 18.0 Å². The quantitative estimate of drug-likeness (QED) is 0.882. The van der Waals surface area contributed by atoms with Crippen molar-refractivity contribution in [3.8, 4) is 17.0 Å². The maximum atomic E-state index is 5.80. The average Bonchev–Trinajstić information content (AvgIpc) is 2.54. The van der Waals surface area contributed by atoms with E-state index in [1.54, 1.807) is 0 Å². The largest absolute Gasteiger partial charge is 0.494 e. The first kappa shape index (κ1) is 11.5. The second-order valence-electron chi connectivity index (χ2n) is 3.92. The third-order valence-electron chi connectivity index (χ3n) is 2.72. The number of benzene rings is 1. The summed E-state index contributed by atoms with van der Waals surface area (Å²) in [6, 6.07) is 7.96. The van der Waals surface area contributed by atoms with E-state index in [1.807, 2.05) is 49.7 Å². The fraction of sp³-hybridized carbons (Fsp3) is 0.308. The number of nitrogen functional groups attached to an aromatic ring is 1. The first-order valence-corrected chi connectivity index (χ1v) is 5.65. The van der Waals surface area contributed by atoms with Crippen molar-refractivity contribution in [1.29, 1.82) is 0 Å². The van der Waals surface area contributed by atoms with Gasteiger partial charge < -0.3 is 15.0 Å². The van der Waals surface area contributed by atoms with Crippen molar-refractivity contribution >= 4 is 5.95 Å². The van der Waals surface area contributed by atoms with Crippen LogP contribution in [0, 0.1) is 6.92 Å². The topological polar surface area (TPSA) is 53.1 Å². The normalized spacial score (nSPS) is 10.5. The Balaban J connectivity index is 2.49. The Morgan fingerprint density at radius 2 is 2.18 bits per heavy atom. The van der Waals surface area contributed by atoms with Gasteiger partial charge in [0.25, 0.3) is 0 Å². The molecular weight excluding hydrogens is 214 g/mol. The molecule has 0 aliphatic carbocycles. The molecule has 2 rings (SSSR count). The number of nitrogens with two attached hydrogens (primary N) is 1. The van der Waals surface area contributed by atoms with E-state index in [4.69, 9.17) is 10.5 Å². The van der Waals surface area contributed by atoms with Crippen LogP contribution in [0.3, 0.4) is 0 Å². The van der Waals surface area contributed by atoms with Crippen LogP contribution in [-0.4, -0.2) is 16.2 Å². The van der Waals surface area contributed by atoms with Crippen LogP contribution in [0.2, 0.25) is 0 Å². The van der Waals surface area contributed by atoms with Gasteiger partial charge in [0.2, 0.25) is 5.95 Å². The van der Waals surface area contributed by atoms with Gasteiger partial charge in [-0.15, -0.1) is 0 Å². The lowest BCUT2D eigenvalue weighted by molar-refractivity contribution is 0.340. The second-order valence-corrected chi connectivity index (χ2v) is 3.92. The van der Waals surface area contributed by atoms with E-state index in [0.29, 0.717) is 12.6 Å². The number of hydrogen-bond donors (Lipinski definition) is 1. The number of ether oxygens (including phenoxy) is 1. The Morgan fingerprint density at radius 3 is 2.76 bits per heavy atom.